The van der Waals surface area contributed by atoms with Gasteiger partial charge in [-0.1, -0.05) is 49.7 Å². The molecule has 2 aromatic heterocycles. The second-order valence-electron chi connectivity index (χ2n) is 8.15. The van der Waals surface area contributed by atoms with Crippen LogP contribution >= 0.6 is 11.8 Å². The van der Waals surface area contributed by atoms with Crippen molar-refractivity contribution < 1.29 is 14.8 Å². The van der Waals surface area contributed by atoms with Crippen LogP contribution in [0.4, 0.5) is 0 Å². The summed E-state index contributed by atoms with van der Waals surface area (Å²) in [4.78, 5) is 31.0. The summed E-state index contributed by atoms with van der Waals surface area (Å²) in [6.45, 7) is 2.00. The molecule has 2 aromatic carbocycles. The van der Waals surface area contributed by atoms with Crippen molar-refractivity contribution in [3.63, 3.8) is 0 Å². The first-order valence-electron chi connectivity index (χ1n) is 11.7. The van der Waals surface area contributed by atoms with Crippen molar-refractivity contribution in [1.29, 1.82) is 0 Å². The van der Waals surface area contributed by atoms with E-state index in [0.717, 1.165) is 44.9 Å². The van der Waals surface area contributed by atoms with Crippen molar-refractivity contribution in [2.24, 2.45) is 0 Å². The Kier molecular flexibility index (Phi) is 8.48. The molecule has 0 saturated carbocycles. The molecule has 0 bridgehead atoms. The van der Waals surface area contributed by atoms with Gasteiger partial charge in [0, 0.05) is 21.4 Å². The van der Waals surface area contributed by atoms with Gasteiger partial charge in [-0.25, -0.2) is 5.48 Å². The SMILES string of the molecule is CCCCC(NC(=O)c1ccccc1Sc1ccc2c(/C=C/c3ccccn3)n[nH]c2c1)C(=O)NO. The van der Waals surface area contributed by atoms with E-state index < -0.39 is 11.9 Å². The molecule has 0 spiro atoms. The third-order valence-corrected chi connectivity index (χ3v) is 6.67. The summed E-state index contributed by atoms with van der Waals surface area (Å²) in [5, 5.41) is 20.3. The molecule has 9 heteroatoms. The number of carbonyl (C=O) groups excluding carboxylic acids is 2. The number of fused-ring (bicyclic) bond motifs is 1. The van der Waals surface area contributed by atoms with E-state index in [1.807, 2.05) is 67.6 Å². The number of pyridine rings is 1. The Balaban J connectivity index is 1.52. The molecule has 4 rings (SSSR count). The van der Waals surface area contributed by atoms with Gasteiger partial charge in [0.1, 0.15) is 6.04 Å². The molecule has 0 aliphatic heterocycles. The Bertz CT molecular complexity index is 1370. The van der Waals surface area contributed by atoms with Gasteiger partial charge in [-0.15, -0.1) is 0 Å². The van der Waals surface area contributed by atoms with Crippen molar-refractivity contribution in [2.45, 2.75) is 42.0 Å². The topological polar surface area (TPSA) is 120 Å². The van der Waals surface area contributed by atoms with E-state index in [9.17, 15) is 9.59 Å². The molecule has 4 N–H and O–H groups in total. The highest BCUT2D eigenvalue weighted by Crippen LogP contribution is 2.33. The van der Waals surface area contributed by atoms with Crippen LogP contribution in [0.1, 0.15) is 47.9 Å². The van der Waals surface area contributed by atoms with Gasteiger partial charge in [0.2, 0.25) is 0 Å². The van der Waals surface area contributed by atoms with Gasteiger partial charge in [0.25, 0.3) is 11.8 Å². The van der Waals surface area contributed by atoms with E-state index in [-0.39, 0.29) is 5.91 Å². The number of benzene rings is 2. The van der Waals surface area contributed by atoms with Crippen LogP contribution in [0, 0.1) is 0 Å². The Morgan fingerprint density at radius 1 is 1.11 bits per heavy atom. The Morgan fingerprint density at radius 2 is 1.94 bits per heavy atom. The van der Waals surface area contributed by atoms with Gasteiger partial charge in [0.05, 0.1) is 22.5 Å². The first-order chi connectivity index (χ1) is 17.6. The Hall–Kier alpha value is -3.95. The second kappa shape index (κ2) is 12.1. The van der Waals surface area contributed by atoms with Crippen LogP contribution in [0.15, 0.2) is 76.7 Å². The molecule has 0 radical (unpaired) electrons. The monoisotopic (exact) mass is 501 g/mol. The average molecular weight is 502 g/mol. The number of aromatic nitrogens is 3. The zero-order chi connectivity index (χ0) is 25.3. The van der Waals surface area contributed by atoms with Gasteiger partial charge >= 0.3 is 0 Å². The van der Waals surface area contributed by atoms with Crippen LogP contribution < -0.4 is 10.8 Å². The maximum Gasteiger partial charge on any atom is 0.265 e. The van der Waals surface area contributed by atoms with Crippen LogP contribution in [0.2, 0.25) is 0 Å². The quantitative estimate of drug-likeness (QED) is 0.178. The highest BCUT2D eigenvalue weighted by atomic mass is 32.2. The number of unbranched alkanes of at least 4 members (excludes halogenated alkanes) is 1. The number of hydrogen-bond acceptors (Lipinski definition) is 6. The molecule has 1 atom stereocenters. The number of hydrogen-bond donors (Lipinski definition) is 4. The lowest BCUT2D eigenvalue weighted by atomic mass is 10.1. The van der Waals surface area contributed by atoms with Crippen molar-refractivity contribution in [1.82, 2.24) is 26.0 Å². The largest absolute Gasteiger partial charge is 0.340 e. The predicted octanol–water partition coefficient (Wildman–Crippen LogP) is 5.07. The van der Waals surface area contributed by atoms with Crippen molar-refractivity contribution >= 4 is 46.6 Å². The smallest absolute Gasteiger partial charge is 0.265 e. The number of nitrogens with zero attached hydrogens (tertiary/aromatic N) is 2. The minimum atomic E-state index is -0.806. The summed E-state index contributed by atoms with van der Waals surface area (Å²) >= 11 is 1.45. The van der Waals surface area contributed by atoms with Crippen molar-refractivity contribution in [3.05, 3.63) is 83.8 Å². The summed E-state index contributed by atoms with van der Waals surface area (Å²) in [5.74, 6) is -0.994. The molecule has 184 valence electrons. The number of rotatable bonds is 10. The summed E-state index contributed by atoms with van der Waals surface area (Å²) < 4.78 is 0. The minimum Gasteiger partial charge on any atom is -0.340 e. The molecule has 2 heterocycles. The van der Waals surface area contributed by atoms with E-state index in [0.29, 0.717) is 12.0 Å². The van der Waals surface area contributed by atoms with E-state index in [2.05, 4.69) is 20.5 Å². The normalized spacial score (nSPS) is 12.1. The molecule has 0 fully saturated rings. The molecular formula is C27H27N5O3S. The van der Waals surface area contributed by atoms with E-state index in [1.165, 1.54) is 11.8 Å². The van der Waals surface area contributed by atoms with Gasteiger partial charge in [-0.3, -0.25) is 24.9 Å². The van der Waals surface area contributed by atoms with E-state index in [1.54, 1.807) is 23.8 Å². The number of H-pyrrole nitrogens is 1. The zero-order valence-electron chi connectivity index (χ0n) is 19.8. The average Bonchev–Trinajstić information content (AvgIpc) is 3.32. The molecule has 36 heavy (non-hydrogen) atoms. The van der Waals surface area contributed by atoms with E-state index in [4.69, 9.17) is 5.21 Å². The minimum absolute atomic E-state index is 0.368. The number of hydroxylamine groups is 1. The van der Waals surface area contributed by atoms with Crippen LogP contribution in [-0.4, -0.2) is 38.2 Å². The number of nitrogens with one attached hydrogen (secondary N) is 3. The maximum absolute atomic E-state index is 13.0. The van der Waals surface area contributed by atoms with Gasteiger partial charge in [-0.05, 0) is 61.0 Å². The molecule has 8 nitrogen and oxygen atoms in total. The molecule has 4 aromatic rings. The first-order valence-corrected chi connectivity index (χ1v) is 12.5. The fourth-order valence-electron chi connectivity index (χ4n) is 3.71. The molecule has 0 saturated heterocycles. The maximum atomic E-state index is 13.0. The Labute approximate surface area is 213 Å². The van der Waals surface area contributed by atoms with Crippen LogP contribution in [0.5, 0.6) is 0 Å². The van der Waals surface area contributed by atoms with Crippen molar-refractivity contribution in [3.8, 4) is 0 Å². The van der Waals surface area contributed by atoms with Crippen LogP contribution in [0.25, 0.3) is 23.1 Å². The summed E-state index contributed by atoms with van der Waals surface area (Å²) in [7, 11) is 0. The van der Waals surface area contributed by atoms with Gasteiger partial charge < -0.3 is 5.32 Å². The molecule has 1 unspecified atom stereocenters. The van der Waals surface area contributed by atoms with Crippen LogP contribution in [0.3, 0.4) is 0 Å². The number of carbonyl (C=O) groups is 2. The number of aromatic amines is 1. The summed E-state index contributed by atoms with van der Waals surface area (Å²) in [5.41, 5.74) is 4.64. The molecular weight excluding hydrogens is 474 g/mol. The molecule has 0 aliphatic carbocycles. The van der Waals surface area contributed by atoms with Crippen molar-refractivity contribution in [2.75, 3.05) is 0 Å². The predicted molar refractivity (Wildman–Crippen MR) is 141 cm³/mol. The van der Waals surface area contributed by atoms with E-state index >= 15 is 0 Å². The van der Waals surface area contributed by atoms with Gasteiger partial charge in [0.15, 0.2) is 0 Å². The zero-order valence-corrected chi connectivity index (χ0v) is 20.6. The van der Waals surface area contributed by atoms with Gasteiger partial charge in [-0.2, -0.15) is 5.10 Å². The lowest BCUT2D eigenvalue weighted by Gasteiger charge is -2.17. The third kappa shape index (κ3) is 6.18. The third-order valence-electron chi connectivity index (χ3n) is 5.60. The summed E-state index contributed by atoms with van der Waals surface area (Å²) in [6.07, 6.45) is 7.64. The molecule has 2 amide bonds. The highest BCUT2D eigenvalue weighted by Gasteiger charge is 2.22. The fourth-order valence-corrected chi connectivity index (χ4v) is 4.69. The lowest BCUT2D eigenvalue weighted by molar-refractivity contribution is -0.131. The fraction of sp³-hybridized carbons (Fsp3) is 0.185. The van der Waals surface area contributed by atoms with Crippen LogP contribution in [-0.2, 0) is 4.79 Å². The summed E-state index contributed by atoms with van der Waals surface area (Å²) in [6, 6.07) is 18.1. The lowest BCUT2D eigenvalue weighted by Crippen LogP contribution is -2.45. The molecule has 0 aliphatic rings. The Morgan fingerprint density at radius 3 is 2.72 bits per heavy atom. The first kappa shape index (κ1) is 25.2. The highest BCUT2D eigenvalue weighted by molar-refractivity contribution is 7.99. The number of amides is 2. The second-order valence-corrected chi connectivity index (χ2v) is 9.26. The standard InChI is InChI=1S/C27H27N5O3S/c1-2-3-10-23(27(34)32-35)29-26(33)21-9-4-5-11-25(21)36-19-13-14-20-22(30-31-24(20)17-19)15-12-18-8-6-7-16-28-18/h4-9,11-17,23,35H,2-3,10H2,1H3,(H,29,33)(H,30,31)(H,32,34)/b15-12+.